The summed E-state index contributed by atoms with van der Waals surface area (Å²) >= 11 is 0. The summed E-state index contributed by atoms with van der Waals surface area (Å²) in [5.74, 6) is 0.726. The monoisotopic (exact) mass is 336 g/mol. The van der Waals surface area contributed by atoms with Crippen molar-refractivity contribution in [3.8, 4) is 17.0 Å². The molecule has 0 unspecified atom stereocenters. The number of fused-ring (bicyclic) bond motifs is 1. The van der Waals surface area contributed by atoms with Crippen molar-refractivity contribution in [2.24, 2.45) is 0 Å². The van der Waals surface area contributed by atoms with Gasteiger partial charge in [0.1, 0.15) is 5.75 Å². The van der Waals surface area contributed by atoms with Gasteiger partial charge in [-0.3, -0.25) is 4.79 Å². The molecule has 0 bridgehead atoms. The molecule has 4 nitrogen and oxygen atoms in total. The SMILES string of the molecule is CCN(CC)C(=O)c1cccc(OC)c1-c1[nH]c2ccccc2c1C. The molecule has 1 N–H and O–H groups in total. The Kier molecular flexibility index (Phi) is 4.79. The van der Waals surface area contributed by atoms with E-state index < -0.39 is 0 Å². The summed E-state index contributed by atoms with van der Waals surface area (Å²) in [5, 5.41) is 1.16. The number of H-pyrrole nitrogens is 1. The van der Waals surface area contributed by atoms with Gasteiger partial charge in [0.15, 0.2) is 0 Å². The van der Waals surface area contributed by atoms with Gasteiger partial charge in [-0.05, 0) is 44.5 Å². The highest BCUT2D eigenvalue weighted by molar-refractivity contribution is 6.04. The highest BCUT2D eigenvalue weighted by atomic mass is 16.5. The van der Waals surface area contributed by atoms with Crippen LogP contribution < -0.4 is 4.74 Å². The van der Waals surface area contributed by atoms with Crippen molar-refractivity contribution in [3.63, 3.8) is 0 Å². The Morgan fingerprint density at radius 3 is 2.44 bits per heavy atom. The van der Waals surface area contributed by atoms with Gasteiger partial charge in [0, 0.05) is 24.0 Å². The highest BCUT2D eigenvalue weighted by Crippen LogP contribution is 2.38. The molecule has 0 spiro atoms. The van der Waals surface area contributed by atoms with Crippen molar-refractivity contribution < 1.29 is 9.53 Å². The van der Waals surface area contributed by atoms with E-state index in [1.807, 2.05) is 55.1 Å². The minimum Gasteiger partial charge on any atom is -0.496 e. The Morgan fingerprint density at radius 2 is 1.80 bits per heavy atom. The van der Waals surface area contributed by atoms with E-state index in [1.165, 1.54) is 0 Å². The lowest BCUT2D eigenvalue weighted by Gasteiger charge is -2.21. The van der Waals surface area contributed by atoms with Crippen LogP contribution in [0, 0.1) is 6.92 Å². The number of amides is 1. The Morgan fingerprint density at radius 1 is 1.08 bits per heavy atom. The lowest BCUT2D eigenvalue weighted by molar-refractivity contribution is 0.0773. The summed E-state index contributed by atoms with van der Waals surface area (Å²) in [5.41, 5.74) is 4.61. The molecular weight excluding hydrogens is 312 g/mol. The number of carbonyl (C=O) groups excluding carboxylic acids is 1. The molecule has 3 rings (SSSR count). The summed E-state index contributed by atoms with van der Waals surface area (Å²) in [7, 11) is 1.64. The third-order valence-corrected chi connectivity index (χ3v) is 4.74. The number of carbonyl (C=O) groups is 1. The molecule has 0 aliphatic rings. The molecule has 0 aliphatic heterocycles. The maximum Gasteiger partial charge on any atom is 0.254 e. The first-order valence-corrected chi connectivity index (χ1v) is 8.66. The van der Waals surface area contributed by atoms with E-state index in [4.69, 9.17) is 4.74 Å². The number of para-hydroxylation sites is 1. The average molecular weight is 336 g/mol. The van der Waals surface area contributed by atoms with Crippen LogP contribution in [0.4, 0.5) is 0 Å². The summed E-state index contributed by atoms with van der Waals surface area (Å²) in [6.45, 7) is 7.42. The number of benzene rings is 2. The maximum absolute atomic E-state index is 13.1. The predicted molar refractivity (Wildman–Crippen MR) is 102 cm³/mol. The molecule has 0 aliphatic carbocycles. The normalized spacial score (nSPS) is 10.9. The smallest absolute Gasteiger partial charge is 0.254 e. The van der Waals surface area contributed by atoms with Crippen LogP contribution >= 0.6 is 0 Å². The van der Waals surface area contributed by atoms with E-state index >= 15 is 0 Å². The van der Waals surface area contributed by atoms with Crippen LogP contribution in [0.5, 0.6) is 5.75 Å². The first-order valence-electron chi connectivity index (χ1n) is 8.66. The molecule has 0 radical (unpaired) electrons. The van der Waals surface area contributed by atoms with Crippen molar-refractivity contribution in [2.45, 2.75) is 20.8 Å². The summed E-state index contributed by atoms with van der Waals surface area (Å²) in [4.78, 5) is 18.4. The van der Waals surface area contributed by atoms with Crippen LogP contribution in [0.25, 0.3) is 22.2 Å². The molecule has 3 aromatic rings. The van der Waals surface area contributed by atoms with Gasteiger partial charge in [0.05, 0.1) is 23.9 Å². The largest absolute Gasteiger partial charge is 0.496 e. The van der Waals surface area contributed by atoms with Gasteiger partial charge in [-0.1, -0.05) is 24.3 Å². The Bertz CT molecular complexity index is 907. The van der Waals surface area contributed by atoms with E-state index in [0.29, 0.717) is 24.4 Å². The quantitative estimate of drug-likeness (QED) is 0.738. The standard InChI is InChI=1S/C21H24N2O2/c1-5-23(6-2)21(24)16-11-9-13-18(25-4)19(16)20-14(3)15-10-7-8-12-17(15)22-20/h7-13,22H,5-6H2,1-4H3. The van der Waals surface area contributed by atoms with Crippen molar-refractivity contribution in [1.29, 1.82) is 0 Å². The number of aryl methyl sites for hydroxylation is 1. The molecule has 4 heteroatoms. The van der Waals surface area contributed by atoms with Crippen LogP contribution in [-0.2, 0) is 0 Å². The van der Waals surface area contributed by atoms with Gasteiger partial charge in [-0.15, -0.1) is 0 Å². The van der Waals surface area contributed by atoms with E-state index in [0.717, 1.165) is 27.7 Å². The Balaban J connectivity index is 2.26. The van der Waals surface area contributed by atoms with Crippen LogP contribution in [0.1, 0.15) is 29.8 Å². The number of aromatic amines is 1. The zero-order valence-corrected chi connectivity index (χ0v) is 15.2. The van der Waals surface area contributed by atoms with Crippen LogP contribution in [-0.4, -0.2) is 36.0 Å². The Hall–Kier alpha value is -2.75. The average Bonchev–Trinajstić information content (AvgIpc) is 2.98. The fourth-order valence-electron chi connectivity index (χ4n) is 3.35. The molecule has 2 aromatic carbocycles. The van der Waals surface area contributed by atoms with Crippen LogP contribution in [0.15, 0.2) is 42.5 Å². The molecule has 1 amide bonds. The third kappa shape index (κ3) is 2.88. The number of rotatable bonds is 5. The number of nitrogens with zero attached hydrogens (tertiary/aromatic N) is 1. The summed E-state index contributed by atoms with van der Waals surface area (Å²) < 4.78 is 5.60. The number of nitrogens with one attached hydrogen (secondary N) is 1. The molecule has 0 saturated carbocycles. The Labute approximate surface area is 148 Å². The summed E-state index contributed by atoms with van der Waals surface area (Å²) in [6, 6.07) is 13.8. The van der Waals surface area contributed by atoms with Gasteiger partial charge < -0.3 is 14.6 Å². The first-order chi connectivity index (χ1) is 12.1. The van der Waals surface area contributed by atoms with Gasteiger partial charge in [-0.25, -0.2) is 0 Å². The third-order valence-electron chi connectivity index (χ3n) is 4.74. The highest BCUT2D eigenvalue weighted by Gasteiger charge is 2.23. The topological polar surface area (TPSA) is 45.3 Å². The summed E-state index contributed by atoms with van der Waals surface area (Å²) in [6.07, 6.45) is 0. The van der Waals surface area contributed by atoms with E-state index in [1.54, 1.807) is 7.11 Å². The second-order valence-corrected chi connectivity index (χ2v) is 6.03. The molecule has 25 heavy (non-hydrogen) atoms. The lowest BCUT2D eigenvalue weighted by atomic mass is 9.99. The van der Waals surface area contributed by atoms with Gasteiger partial charge in [0.2, 0.25) is 0 Å². The zero-order chi connectivity index (χ0) is 18.0. The number of methoxy groups -OCH3 is 1. The van der Waals surface area contributed by atoms with Crippen LogP contribution in [0.3, 0.4) is 0 Å². The van der Waals surface area contributed by atoms with Crippen LogP contribution in [0.2, 0.25) is 0 Å². The van der Waals surface area contributed by atoms with Crippen molar-refractivity contribution in [2.75, 3.05) is 20.2 Å². The molecular formula is C21H24N2O2. The second-order valence-electron chi connectivity index (χ2n) is 6.03. The predicted octanol–water partition coefficient (Wildman–Crippen LogP) is 4.63. The molecule has 1 heterocycles. The minimum atomic E-state index is 0.0250. The van der Waals surface area contributed by atoms with E-state index in [9.17, 15) is 4.79 Å². The fourth-order valence-corrected chi connectivity index (χ4v) is 3.35. The maximum atomic E-state index is 13.1. The molecule has 1 aromatic heterocycles. The van der Waals surface area contributed by atoms with Crippen molar-refractivity contribution >= 4 is 16.8 Å². The lowest BCUT2D eigenvalue weighted by Crippen LogP contribution is -2.31. The van der Waals surface area contributed by atoms with Gasteiger partial charge >= 0.3 is 0 Å². The molecule has 130 valence electrons. The molecule has 0 atom stereocenters. The van der Waals surface area contributed by atoms with Gasteiger partial charge in [-0.2, -0.15) is 0 Å². The van der Waals surface area contributed by atoms with Crippen molar-refractivity contribution in [1.82, 2.24) is 9.88 Å². The first kappa shape index (κ1) is 17.1. The number of aromatic nitrogens is 1. The molecule has 0 saturated heterocycles. The fraction of sp³-hybridized carbons (Fsp3) is 0.286. The second kappa shape index (κ2) is 7.01. The van der Waals surface area contributed by atoms with E-state index in [-0.39, 0.29) is 5.91 Å². The zero-order valence-electron chi connectivity index (χ0n) is 15.2. The van der Waals surface area contributed by atoms with E-state index in [2.05, 4.69) is 18.0 Å². The van der Waals surface area contributed by atoms with Crippen molar-refractivity contribution in [3.05, 3.63) is 53.6 Å². The number of hydrogen-bond donors (Lipinski definition) is 1. The molecule has 0 fully saturated rings. The number of ether oxygens (including phenoxy) is 1. The minimum absolute atomic E-state index is 0.0250. The number of hydrogen-bond acceptors (Lipinski definition) is 2. The van der Waals surface area contributed by atoms with Gasteiger partial charge in [0.25, 0.3) is 5.91 Å².